The van der Waals surface area contributed by atoms with Crippen molar-refractivity contribution in [3.63, 3.8) is 0 Å². The van der Waals surface area contributed by atoms with Crippen LogP contribution >= 0.6 is 22.7 Å². The van der Waals surface area contributed by atoms with Crippen LogP contribution in [0.5, 0.6) is 0 Å². The molecule has 0 bridgehead atoms. The number of sulfonamides is 1. The molecule has 0 aromatic carbocycles. The van der Waals surface area contributed by atoms with E-state index < -0.39 is 10.0 Å². The Kier molecular flexibility index (Phi) is 5.23. The third-order valence-corrected chi connectivity index (χ3v) is 8.57. The van der Waals surface area contributed by atoms with Crippen molar-refractivity contribution in [3.8, 4) is 11.3 Å². The molecule has 1 fully saturated rings. The highest BCUT2D eigenvalue weighted by molar-refractivity contribution is 7.91. The lowest BCUT2D eigenvalue weighted by Crippen LogP contribution is -2.34. The number of thiophene rings is 2. The molecule has 26 heavy (non-hydrogen) atoms. The topological polar surface area (TPSA) is 66.7 Å². The summed E-state index contributed by atoms with van der Waals surface area (Å²) >= 11 is 2.97. The van der Waals surface area contributed by atoms with Gasteiger partial charge in [-0.05, 0) is 30.5 Å². The Hall–Kier alpha value is -1.52. The summed E-state index contributed by atoms with van der Waals surface area (Å²) in [5, 5.41) is 7.55. The molecule has 0 aliphatic carbocycles. The predicted octanol–water partition coefficient (Wildman–Crippen LogP) is 3.36. The molecule has 1 aliphatic heterocycles. The fourth-order valence-corrected chi connectivity index (χ4v) is 6.58. The van der Waals surface area contributed by atoms with Crippen LogP contribution in [-0.4, -0.2) is 49.0 Å². The number of nitrogens with zero attached hydrogens (tertiary/aromatic N) is 3. The third-order valence-electron chi connectivity index (χ3n) is 4.40. The van der Waals surface area contributed by atoms with Crippen molar-refractivity contribution >= 4 is 32.7 Å². The summed E-state index contributed by atoms with van der Waals surface area (Å²) in [5.41, 5.74) is 0.750. The quantitative estimate of drug-likeness (QED) is 0.646. The number of hydrogen-bond donors (Lipinski definition) is 0. The largest absolute Gasteiger partial charge is 0.356 e. The summed E-state index contributed by atoms with van der Waals surface area (Å²) in [6, 6.07) is 7.58. The molecule has 1 aliphatic rings. The van der Waals surface area contributed by atoms with Crippen LogP contribution < -0.4 is 0 Å². The molecule has 138 valence electrons. The Balaban J connectivity index is 1.46. The van der Waals surface area contributed by atoms with Gasteiger partial charge in [-0.15, -0.1) is 22.7 Å². The summed E-state index contributed by atoms with van der Waals surface area (Å²) < 4.78 is 33.1. The van der Waals surface area contributed by atoms with Gasteiger partial charge in [0.25, 0.3) is 10.0 Å². The van der Waals surface area contributed by atoms with Crippen molar-refractivity contribution < 1.29 is 12.9 Å². The number of rotatable bonds is 5. The van der Waals surface area contributed by atoms with Gasteiger partial charge in [0.15, 0.2) is 5.76 Å². The van der Waals surface area contributed by atoms with Gasteiger partial charge in [-0.1, -0.05) is 11.2 Å². The lowest BCUT2D eigenvalue weighted by atomic mass is 10.3. The normalized spacial score (nSPS) is 17.4. The maximum atomic E-state index is 13.0. The van der Waals surface area contributed by atoms with Gasteiger partial charge in [0.1, 0.15) is 4.21 Å². The second-order valence-corrected chi connectivity index (χ2v) is 10.3. The first kappa shape index (κ1) is 17.9. The molecule has 4 rings (SSSR count). The minimum absolute atomic E-state index is 0.357. The zero-order chi connectivity index (χ0) is 18.0. The zero-order valence-corrected chi connectivity index (χ0v) is 16.5. The molecule has 3 aromatic rings. The molecule has 0 atom stereocenters. The van der Waals surface area contributed by atoms with Crippen molar-refractivity contribution in [2.75, 3.05) is 26.2 Å². The van der Waals surface area contributed by atoms with Crippen LogP contribution in [0.25, 0.3) is 11.3 Å². The van der Waals surface area contributed by atoms with Crippen LogP contribution in [0.4, 0.5) is 0 Å². The van der Waals surface area contributed by atoms with E-state index in [1.807, 2.05) is 0 Å². The van der Waals surface area contributed by atoms with Gasteiger partial charge in [0, 0.05) is 48.1 Å². The van der Waals surface area contributed by atoms with Gasteiger partial charge in [-0.3, -0.25) is 4.90 Å². The van der Waals surface area contributed by atoms with E-state index in [1.165, 1.54) is 16.2 Å². The highest BCUT2D eigenvalue weighted by atomic mass is 32.2. The van der Waals surface area contributed by atoms with Gasteiger partial charge in [0.2, 0.25) is 0 Å². The fourth-order valence-electron chi connectivity index (χ4n) is 3.04. The monoisotopic (exact) mass is 409 g/mol. The highest BCUT2D eigenvalue weighted by Gasteiger charge is 2.28. The van der Waals surface area contributed by atoms with E-state index in [4.69, 9.17) is 4.52 Å². The molecule has 0 N–H and O–H groups in total. The molecule has 0 saturated carbocycles. The average Bonchev–Trinajstić information content (AvgIpc) is 3.35. The minimum atomic E-state index is -3.48. The molecule has 4 heterocycles. The predicted molar refractivity (Wildman–Crippen MR) is 103 cm³/mol. The molecule has 9 heteroatoms. The number of hydrogen-bond acceptors (Lipinski definition) is 7. The molecule has 0 radical (unpaired) electrons. The Labute approximate surface area is 160 Å². The smallest absolute Gasteiger partial charge is 0.252 e. The van der Waals surface area contributed by atoms with E-state index in [0.29, 0.717) is 23.1 Å². The van der Waals surface area contributed by atoms with Crippen molar-refractivity contribution in [2.24, 2.45) is 0 Å². The minimum Gasteiger partial charge on any atom is -0.356 e. The summed E-state index contributed by atoms with van der Waals surface area (Å²) in [4.78, 5) is 3.65. The van der Waals surface area contributed by atoms with Gasteiger partial charge < -0.3 is 4.52 Å². The van der Waals surface area contributed by atoms with E-state index >= 15 is 0 Å². The fraction of sp³-hybridized carbons (Fsp3) is 0.353. The summed E-state index contributed by atoms with van der Waals surface area (Å²) in [6.45, 7) is 3.62. The van der Waals surface area contributed by atoms with Crippen LogP contribution in [-0.2, 0) is 16.6 Å². The lowest BCUT2D eigenvalue weighted by molar-refractivity contribution is 0.281. The van der Waals surface area contributed by atoms with E-state index in [2.05, 4.69) is 27.6 Å². The van der Waals surface area contributed by atoms with Gasteiger partial charge >= 0.3 is 0 Å². The Bertz CT molecular complexity index is 933. The first-order valence-corrected chi connectivity index (χ1v) is 11.6. The maximum absolute atomic E-state index is 13.0. The third kappa shape index (κ3) is 3.77. The summed E-state index contributed by atoms with van der Waals surface area (Å²) in [7, 11) is -3.48. The van der Waals surface area contributed by atoms with Crippen LogP contribution in [0.2, 0.25) is 0 Å². The van der Waals surface area contributed by atoms with Gasteiger partial charge in [-0.25, -0.2) is 8.42 Å². The molecule has 6 nitrogen and oxygen atoms in total. The van der Waals surface area contributed by atoms with Gasteiger partial charge in [-0.2, -0.15) is 4.31 Å². The molecular weight excluding hydrogens is 390 g/mol. The Morgan fingerprint density at radius 3 is 2.85 bits per heavy atom. The number of aromatic nitrogens is 1. The molecule has 0 unspecified atom stereocenters. The van der Waals surface area contributed by atoms with Crippen LogP contribution in [0, 0.1) is 0 Å². The van der Waals surface area contributed by atoms with Crippen molar-refractivity contribution in [1.29, 1.82) is 0 Å². The Morgan fingerprint density at radius 1 is 1.15 bits per heavy atom. The van der Waals surface area contributed by atoms with Crippen LogP contribution in [0.3, 0.4) is 0 Å². The van der Waals surface area contributed by atoms with E-state index in [-0.39, 0.29) is 0 Å². The van der Waals surface area contributed by atoms with E-state index in [9.17, 15) is 8.42 Å². The second kappa shape index (κ2) is 7.61. The van der Waals surface area contributed by atoms with Crippen molar-refractivity contribution in [3.05, 3.63) is 46.1 Å². The van der Waals surface area contributed by atoms with E-state index in [1.54, 1.807) is 39.4 Å². The standard InChI is InChI=1S/C17H19N3O3S3/c21-26(22,17-11-14(13-25-17)16-4-5-18-23-16)20-7-2-6-19(8-9-20)12-15-3-1-10-24-15/h1,3-5,10-11,13H,2,6-9,12H2. The van der Waals surface area contributed by atoms with E-state index in [0.717, 1.165) is 31.6 Å². The van der Waals surface area contributed by atoms with Gasteiger partial charge in [0.05, 0.1) is 6.20 Å². The molecule has 0 amide bonds. The molecular formula is C17H19N3O3S3. The van der Waals surface area contributed by atoms with Crippen LogP contribution in [0.1, 0.15) is 11.3 Å². The van der Waals surface area contributed by atoms with Crippen molar-refractivity contribution in [2.45, 2.75) is 17.2 Å². The summed E-state index contributed by atoms with van der Waals surface area (Å²) in [6.07, 6.45) is 2.39. The Morgan fingerprint density at radius 2 is 2.08 bits per heavy atom. The molecule has 3 aromatic heterocycles. The van der Waals surface area contributed by atoms with Crippen molar-refractivity contribution in [1.82, 2.24) is 14.4 Å². The molecule has 0 spiro atoms. The average molecular weight is 410 g/mol. The maximum Gasteiger partial charge on any atom is 0.252 e. The highest BCUT2D eigenvalue weighted by Crippen LogP contribution is 2.30. The SMILES string of the molecule is O=S(=O)(c1cc(-c2ccno2)cs1)N1CCCN(Cc2cccs2)CC1. The zero-order valence-electron chi connectivity index (χ0n) is 14.1. The van der Waals surface area contributed by atoms with Crippen LogP contribution in [0.15, 0.2) is 50.0 Å². The second-order valence-electron chi connectivity index (χ2n) is 6.14. The first-order chi connectivity index (χ1) is 12.6. The summed E-state index contributed by atoms with van der Waals surface area (Å²) in [5.74, 6) is 0.584. The first-order valence-electron chi connectivity index (χ1n) is 8.37. The lowest BCUT2D eigenvalue weighted by Gasteiger charge is -2.20. The molecule has 1 saturated heterocycles.